The molecule has 0 radical (unpaired) electrons. The fourth-order valence-corrected chi connectivity index (χ4v) is 3.10. The first-order valence-electron chi connectivity index (χ1n) is 8.45. The maximum absolute atomic E-state index is 12.1. The number of nitrogens with one attached hydrogen (secondary N) is 2. The molecule has 0 aliphatic heterocycles. The Morgan fingerprint density at radius 1 is 0.778 bits per heavy atom. The molecule has 0 fully saturated rings. The summed E-state index contributed by atoms with van der Waals surface area (Å²) in [5, 5.41) is 5.70. The third-order valence-corrected chi connectivity index (χ3v) is 4.69. The lowest BCUT2D eigenvalue weighted by molar-refractivity contribution is -0.115. The zero-order valence-electron chi connectivity index (χ0n) is 14.6. The summed E-state index contributed by atoms with van der Waals surface area (Å²) >= 11 is 1.44. The number of carbonyl (C=O) groups excluding carboxylic acids is 2. The molecule has 27 heavy (non-hydrogen) atoms. The maximum atomic E-state index is 12.1. The van der Waals surface area contributed by atoms with Crippen molar-refractivity contribution in [3.8, 4) is 0 Å². The van der Waals surface area contributed by atoms with Gasteiger partial charge in [-0.15, -0.1) is 11.8 Å². The van der Waals surface area contributed by atoms with Crippen LogP contribution in [0.15, 0.2) is 84.0 Å². The zero-order valence-corrected chi connectivity index (χ0v) is 15.4. The number of anilines is 2. The van der Waals surface area contributed by atoms with Crippen LogP contribution in [0.4, 0.5) is 11.4 Å². The van der Waals surface area contributed by atoms with Gasteiger partial charge in [0.05, 0.1) is 12.2 Å². The van der Waals surface area contributed by atoms with Gasteiger partial charge in [0.2, 0.25) is 11.8 Å². The summed E-state index contributed by atoms with van der Waals surface area (Å²) in [4.78, 5) is 28.9. The first kappa shape index (κ1) is 18.7. The standard InChI is InChI=1S/C21H19N3O2S/c25-20(14-16-4-2-1-3-5-16)23-17-6-8-19(9-7-17)27-15-21(26)24-18-10-12-22-13-11-18/h1-13H,14-15H2,(H,23,25)(H,22,24,26). The van der Waals surface area contributed by atoms with Gasteiger partial charge < -0.3 is 10.6 Å². The largest absolute Gasteiger partial charge is 0.326 e. The van der Waals surface area contributed by atoms with Crippen LogP contribution in [0, 0.1) is 0 Å². The Bertz CT molecular complexity index is 884. The molecule has 0 saturated heterocycles. The molecule has 1 heterocycles. The number of aromatic nitrogens is 1. The average molecular weight is 377 g/mol. The smallest absolute Gasteiger partial charge is 0.234 e. The van der Waals surface area contributed by atoms with Crippen LogP contribution < -0.4 is 10.6 Å². The van der Waals surface area contributed by atoms with E-state index in [0.717, 1.165) is 21.8 Å². The summed E-state index contributed by atoms with van der Waals surface area (Å²) in [5.41, 5.74) is 2.44. The van der Waals surface area contributed by atoms with Crippen molar-refractivity contribution in [3.63, 3.8) is 0 Å². The van der Waals surface area contributed by atoms with Crippen LogP contribution in [0.5, 0.6) is 0 Å². The summed E-state index contributed by atoms with van der Waals surface area (Å²) in [6, 6.07) is 20.6. The van der Waals surface area contributed by atoms with Gasteiger partial charge in [0.15, 0.2) is 0 Å². The molecule has 0 saturated carbocycles. The number of hydrogen-bond donors (Lipinski definition) is 2. The average Bonchev–Trinajstić information content (AvgIpc) is 2.69. The highest BCUT2D eigenvalue weighted by molar-refractivity contribution is 8.00. The summed E-state index contributed by atoms with van der Waals surface area (Å²) in [6.07, 6.45) is 3.60. The van der Waals surface area contributed by atoms with Crippen LogP contribution in [0.25, 0.3) is 0 Å². The summed E-state index contributed by atoms with van der Waals surface area (Å²) in [7, 11) is 0. The number of pyridine rings is 1. The molecule has 0 spiro atoms. The van der Waals surface area contributed by atoms with E-state index in [0.29, 0.717) is 12.2 Å². The van der Waals surface area contributed by atoms with Crippen molar-refractivity contribution < 1.29 is 9.59 Å². The van der Waals surface area contributed by atoms with E-state index >= 15 is 0 Å². The molecule has 2 amide bonds. The predicted molar refractivity (Wildman–Crippen MR) is 109 cm³/mol. The number of hydrogen-bond acceptors (Lipinski definition) is 4. The van der Waals surface area contributed by atoms with E-state index in [1.54, 1.807) is 24.5 Å². The fraction of sp³-hybridized carbons (Fsp3) is 0.0952. The van der Waals surface area contributed by atoms with Crippen molar-refractivity contribution in [2.75, 3.05) is 16.4 Å². The third-order valence-electron chi connectivity index (χ3n) is 3.68. The van der Waals surface area contributed by atoms with Crippen LogP contribution in [-0.4, -0.2) is 22.6 Å². The minimum absolute atomic E-state index is 0.0571. The molecule has 6 heteroatoms. The number of nitrogens with zero attached hydrogens (tertiary/aromatic N) is 1. The van der Waals surface area contributed by atoms with E-state index in [9.17, 15) is 9.59 Å². The maximum Gasteiger partial charge on any atom is 0.234 e. The molecular formula is C21H19N3O2S. The Morgan fingerprint density at radius 3 is 2.11 bits per heavy atom. The van der Waals surface area contributed by atoms with E-state index in [4.69, 9.17) is 0 Å². The second-order valence-electron chi connectivity index (χ2n) is 5.81. The lowest BCUT2D eigenvalue weighted by Gasteiger charge is -2.07. The number of amides is 2. The third kappa shape index (κ3) is 6.27. The molecule has 2 N–H and O–H groups in total. The summed E-state index contributed by atoms with van der Waals surface area (Å²) in [6.45, 7) is 0. The Balaban J connectivity index is 1.45. The van der Waals surface area contributed by atoms with E-state index in [1.807, 2.05) is 54.6 Å². The quantitative estimate of drug-likeness (QED) is 0.611. The number of rotatable bonds is 7. The Kier molecular flexibility index (Phi) is 6.60. The van der Waals surface area contributed by atoms with Crippen LogP contribution in [-0.2, 0) is 16.0 Å². The normalized spacial score (nSPS) is 10.2. The van der Waals surface area contributed by atoms with E-state index < -0.39 is 0 Å². The van der Waals surface area contributed by atoms with E-state index in [1.165, 1.54) is 11.8 Å². The molecule has 0 bridgehead atoms. The minimum Gasteiger partial charge on any atom is -0.326 e. The van der Waals surface area contributed by atoms with Gasteiger partial charge in [0.25, 0.3) is 0 Å². The SMILES string of the molecule is O=C(CSc1ccc(NC(=O)Cc2ccccc2)cc1)Nc1ccncc1. The van der Waals surface area contributed by atoms with Crippen molar-refractivity contribution in [2.45, 2.75) is 11.3 Å². The van der Waals surface area contributed by atoms with Gasteiger partial charge >= 0.3 is 0 Å². The summed E-state index contributed by atoms with van der Waals surface area (Å²) in [5.74, 6) is 0.173. The van der Waals surface area contributed by atoms with Crippen LogP contribution in [0.2, 0.25) is 0 Å². The first-order chi connectivity index (χ1) is 13.2. The monoisotopic (exact) mass is 377 g/mol. The number of benzene rings is 2. The Morgan fingerprint density at radius 2 is 1.41 bits per heavy atom. The van der Waals surface area contributed by atoms with Crippen molar-refractivity contribution in [2.24, 2.45) is 0 Å². The van der Waals surface area contributed by atoms with E-state index in [2.05, 4.69) is 15.6 Å². The van der Waals surface area contributed by atoms with Gasteiger partial charge in [0, 0.05) is 28.7 Å². The second-order valence-corrected chi connectivity index (χ2v) is 6.86. The molecule has 136 valence electrons. The minimum atomic E-state index is -0.0774. The van der Waals surface area contributed by atoms with Crippen LogP contribution in [0.3, 0.4) is 0 Å². The molecular weight excluding hydrogens is 358 g/mol. The van der Waals surface area contributed by atoms with Crippen molar-refractivity contribution >= 4 is 35.0 Å². The molecule has 3 rings (SSSR count). The fourth-order valence-electron chi connectivity index (χ4n) is 2.40. The van der Waals surface area contributed by atoms with Gasteiger partial charge in [-0.2, -0.15) is 0 Å². The Hall–Kier alpha value is -3.12. The topological polar surface area (TPSA) is 71.1 Å². The van der Waals surface area contributed by atoms with Crippen molar-refractivity contribution in [3.05, 3.63) is 84.7 Å². The van der Waals surface area contributed by atoms with Gasteiger partial charge in [0.1, 0.15) is 0 Å². The first-order valence-corrected chi connectivity index (χ1v) is 9.44. The molecule has 0 unspecified atom stereocenters. The van der Waals surface area contributed by atoms with Gasteiger partial charge in [-0.3, -0.25) is 14.6 Å². The highest BCUT2D eigenvalue weighted by Gasteiger charge is 2.06. The highest BCUT2D eigenvalue weighted by Crippen LogP contribution is 2.21. The number of thioether (sulfide) groups is 1. The second kappa shape index (κ2) is 9.54. The Labute approximate surface area is 162 Å². The molecule has 3 aromatic rings. The predicted octanol–water partition coefficient (Wildman–Crippen LogP) is 3.99. The zero-order chi connectivity index (χ0) is 18.9. The van der Waals surface area contributed by atoms with Crippen molar-refractivity contribution in [1.29, 1.82) is 0 Å². The number of carbonyl (C=O) groups is 2. The molecule has 0 aliphatic carbocycles. The molecule has 1 aromatic heterocycles. The lowest BCUT2D eigenvalue weighted by Crippen LogP contribution is -2.14. The highest BCUT2D eigenvalue weighted by atomic mass is 32.2. The van der Waals surface area contributed by atoms with Gasteiger partial charge in [-0.25, -0.2) is 0 Å². The van der Waals surface area contributed by atoms with Gasteiger partial charge in [-0.1, -0.05) is 30.3 Å². The van der Waals surface area contributed by atoms with Crippen LogP contribution in [0.1, 0.15) is 5.56 Å². The van der Waals surface area contributed by atoms with Crippen LogP contribution >= 0.6 is 11.8 Å². The molecule has 0 aliphatic rings. The summed E-state index contributed by atoms with van der Waals surface area (Å²) < 4.78 is 0. The molecule has 0 atom stereocenters. The molecule has 5 nitrogen and oxygen atoms in total. The van der Waals surface area contributed by atoms with E-state index in [-0.39, 0.29) is 11.8 Å². The van der Waals surface area contributed by atoms with Crippen molar-refractivity contribution in [1.82, 2.24) is 4.98 Å². The molecule has 2 aromatic carbocycles. The van der Waals surface area contributed by atoms with Gasteiger partial charge in [-0.05, 0) is 42.0 Å². The lowest BCUT2D eigenvalue weighted by atomic mass is 10.1.